The minimum absolute atomic E-state index is 0.143. The van der Waals surface area contributed by atoms with Gasteiger partial charge >= 0.3 is 5.97 Å². The maximum Gasteiger partial charge on any atom is 0.306 e. The number of aromatic nitrogens is 1. The fraction of sp³-hybridized carbons (Fsp3) is 0.571. The van der Waals surface area contributed by atoms with E-state index < -0.39 is 5.97 Å². The zero-order chi connectivity index (χ0) is 13.1. The highest BCUT2D eigenvalue weighted by molar-refractivity contribution is 6.31. The van der Waals surface area contributed by atoms with Crippen molar-refractivity contribution in [3.63, 3.8) is 0 Å². The molecule has 98 valence electrons. The quantitative estimate of drug-likeness (QED) is 0.912. The lowest BCUT2D eigenvalue weighted by Gasteiger charge is -2.26. The molecule has 2 rings (SSSR count). The second-order valence-corrected chi connectivity index (χ2v) is 5.58. The summed E-state index contributed by atoms with van der Waals surface area (Å²) in [6, 6.07) is 2.03. The number of pyridine rings is 1. The third-order valence-electron chi connectivity index (χ3n) is 3.78. The molecule has 3 nitrogen and oxygen atoms in total. The minimum Gasteiger partial charge on any atom is -0.481 e. The molecule has 0 bridgehead atoms. The Kier molecular flexibility index (Phi) is 4.23. The van der Waals surface area contributed by atoms with Gasteiger partial charge in [0.2, 0.25) is 0 Å². The second kappa shape index (κ2) is 5.70. The van der Waals surface area contributed by atoms with Gasteiger partial charge in [-0.2, -0.15) is 0 Å². The molecule has 0 unspecified atom stereocenters. The van der Waals surface area contributed by atoms with Gasteiger partial charge in [0.05, 0.1) is 10.9 Å². The molecule has 0 saturated heterocycles. The number of carbonyl (C=O) groups is 1. The standard InChI is InChI=1S/C14H18ClNO2/c1-9-6-12(13(15)8-16-9)7-10-2-4-11(5-3-10)14(17)18/h6,8,10-11H,2-5,7H2,1H3,(H,17,18)/t10-,11-. The van der Waals surface area contributed by atoms with E-state index in [0.29, 0.717) is 5.92 Å². The molecule has 1 aliphatic carbocycles. The zero-order valence-electron chi connectivity index (χ0n) is 10.5. The summed E-state index contributed by atoms with van der Waals surface area (Å²) >= 11 is 6.14. The summed E-state index contributed by atoms with van der Waals surface area (Å²) in [5, 5.41) is 9.69. The van der Waals surface area contributed by atoms with Gasteiger partial charge < -0.3 is 5.11 Å². The number of aliphatic carboxylic acids is 1. The number of nitrogens with zero attached hydrogens (tertiary/aromatic N) is 1. The molecule has 4 heteroatoms. The summed E-state index contributed by atoms with van der Waals surface area (Å²) in [5.74, 6) is -0.234. The highest BCUT2D eigenvalue weighted by Crippen LogP contribution is 2.32. The van der Waals surface area contributed by atoms with Gasteiger partial charge in [-0.1, -0.05) is 11.6 Å². The van der Waals surface area contributed by atoms with Crippen LogP contribution in [0, 0.1) is 18.8 Å². The topological polar surface area (TPSA) is 50.2 Å². The zero-order valence-corrected chi connectivity index (χ0v) is 11.3. The van der Waals surface area contributed by atoms with Crippen LogP contribution in [-0.2, 0) is 11.2 Å². The Morgan fingerprint density at radius 3 is 2.72 bits per heavy atom. The van der Waals surface area contributed by atoms with E-state index >= 15 is 0 Å². The number of hydrogen-bond acceptors (Lipinski definition) is 2. The van der Waals surface area contributed by atoms with E-state index in [1.165, 1.54) is 0 Å². The van der Waals surface area contributed by atoms with E-state index in [9.17, 15) is 4.79 Å². The van der Waals surface area contributed by atoms with E-state index in [1.807, 2.05) is 13.0 Å². The summed E-state index contributed by atoms with van der Waals surface area (Å²) < 4.78 is 0. The Labute approximate surface area is 112 Å². The van der Waals surface area contributed by atoms with Crippen molar-refractivity contribution in [3.8, 4) is 0 Å². The van der Waals surface area contributed by atoms with Crippen LogP contribution in [0.4, 0.5) is 0 Å². The Hall–Kier alpha value is -1.09. The molecule has 1 fully saturated rings. The fourth-order valence-electron chi connectivity index (χ4n) is 2.68. The summed E-state index contributed by atoms with van der Waals surface area (Å²) in [4.78, 5) is 15.0. The maximum absolute atomic E-state index is 10.9. The van der Waals surface area contributed by atoms with E-state index in [0.717, 1.165) is 48.4 Å². The first-order valence-corrected chi connectivity index (χ1v) is 6.78. The van der Waals surface area contributed by atoms with Gasteiger partial charge in [0.15, 0.2) is 0 Å². The molecule has 1 aromatic heterocycles. The normalized spacial score (nSPS) is 23.9. The Morgan fingerprint density at radius 2 is 2.11 bits per heavy atom. The van der Waals surface area contributed by atoms with Gasteiger partial charge in [-0.15, -0.1) is 0 Å². The minimum atomic E-state index is -0.647. The van der Waals surface area contributed by atoms with Gasteiger partial charge in [0, 0.05) is 11.9 Å². The third-order valence-corrected chi connectivity index (χ3v) is 4.12. The van der Waals surface area contributed by atoms with Gasteiger partial charge in [0.1, 0.15) is 0 Å². The Bertz CT molecular complexity index is 439. The molecule has 0 spiro atoms. The molecular formula is C14H18ClNO2. The summed E-state index contributed by atoms with van der Waals surface area (Å²) in [5.41, 5.74) is 2.12. The lowest BCUT2D eigenvalue weighted by atomic mass is 9.79. The van der Waals surface area contributed by atoms with Crippen LogP contribution in [0.3, 0.4) is 0 Å². The monoisotopic (exact) mass is 267 g/mol. The van der Waals surface area contributed by atoms with Crippen molar-refractivity contribution in [3.05, 3.63) is 28.5 Å². The van der Waals surface area contributed by atoms with Gasteiger partial charge in [-0.05, 0) is 56.6 Å². The first-order valence-electron chi connectivity index (χ1n) is 6.40. The number of carboxylic acid groups (broad SMARTS) is 1. The number of aryl methyl sites for hydroxylation is 1. The smallest absolute Gasteiger partial charge is 0.306 e. The van der Waals surface area contributed by atoms with Crippen molar-refractivity contribution in [1.29, 1.82) is 0 Å². The third kappa shape index (κ3) is 3.22. The lowest BCUT2D eigenvalue weighted by molar-refractivity contribution is -0.143. The molecule has 18 heavy (non-hydrogen) atoms. The average Bonchev–Trinajstić information content (AvgIpc) is 2.34. The molecule has 0 aromatic carbocycles. The second-order valence-electron chi connectivity index (χ2n) is 5.18. The number of halogens is 1. The van der Waals surface area contributed by atoms with E-state index in [1.54, 1.807) is 6.20 Å². The summed E-state index contributed by atoms with van der Waals surface area (Å²) in [6.45, 7) is 1.96. The number of carboxylic acids is 1. The van der Waals surface area contributed by atoms with Crippen molar-refractivity contribution in [2.75, 3.05) is 0 Å². The summed E-state index contributed by atoms with van der Waals surface area (Å²) in [7, 11) is 0. The SMILES string of the molecule is Cc1cc(C[C@H]2CC[C@H](C(=O)O)CC2)c(Cl)cn1. The maximum atomic E-state index is 10.9. The summed E-state index contributed by atoms with van der Waals surface area (Å²) in [6.07, 6.45) is 6.19. The first-order chi connectivity index (χ1) is 8.56. The first kappa shape index (κ1) is 13.3. The van der Waals surface area contributed by atoms with E-state index in [4.69, 9.17) is 16.7 Å². The van der Waals surface area contributed by atoms with Crippen LogP contribution >= 0.6 is 11.6 Å². The Morgan fingerprint density at radius 1 is 1.44 bits per heavy atom. The molecule has 1 aromatic rings. The Balaban J connectivity index is 1.95. The van der Waals surface area contributed by atoms with Crippen LogP contribution in [0.25, 0.3) is 0 Å². The highest BCUT2D eigenvalue weighted by Gasteiger charge is 2.26. The molecule has 0 atom stereocenters. The molecule has 1 heterocycles. The van der Waals surface area contributed by atoms with Crippen LogP contribution in [-0.4, -0.2) is 16.1 Å². The van der Waals surface area contributed by atoms with Crippen LogP contribution in [0.2, 0.25) is 5.02 Å². The van der Waals surface area contributed by atoms with Crippen molar-refractivity contribution >= 4 is 17.6 Å². The van der Waals surface area contributed by atoms with Gasteiger partial charge in [-0.25, -0.2) is 0 Å². The molecule has 1 saturated carbocycles. The average molecular weight is 268 g/mol. The lowest BCUT2D eigenvalue weighted by Crippen LogP contribution is -2.22. The number of rotatable bonds is 3. The van der Waals surface area contributed by atoms with Crippen molar-refractivity contribution in [2.45, 2.75) is 39.0 Å². The van der Waals surface area contributed by atoms with Crippen molar-refractivity contribution in [1.82, 2.24) is 4.98 Å². The number of hydrogen-bond donors (Lipinski definition) is 1. The molecule has 1 aliphatic rings. The largest absolute Gasteiger partial charge is 0.481 e. The van der Waals surface area contributed by atoms with Gasteiger partial charge in [0.25, 0.3) is 0 Å². The van der Waals surface area contributed by atoms with Crippen LogP contribution in [0.15, 0.2) is 12.3 Å². The predicted octanol–water partition coefficient (Wildman–Crippen LogP) is 3.48. The fourth-order valence-corrected chi connectivity index (χ4v) is 2.86. The molecule has 0 amide bonds. The van der Waals surface area contributed by atoms with E-state index in [-0.39, 0.29) is 5.92 Å². The van der Waals surface area contributed by atoms with Crippen LogP contribution in [0.1, 0.15) is 36.9 Å². The van der Waals surface area contributed by atoms with Gasteiger partial charge in [-0.3, -0.25) is 9.78 Å². The molecule has 0 aliphatic heterocycles. The van der Waals surface area contributed by atoms with Crippen LogP contribution in [0.5, 0.6) is 0 Å². The van der Waals surface area contributed by atoms with Crippen LogP contribution < -0.4 is 0 Å². The van der Waals surface area contributed by atoms with E-state index in [2.05, 4.69) is 4.98 Å². The molecular weight excluding hydrogens is 250 g/mol. The molecule has 1 N–H and O–H groups in total. The predicted molar refractivity (Wildman–Crippen MR) is 70.8 cm³/mol. The molecule has 0 radical (unpaired) electrons. The van der Waals surface area contributed by atoms with Crippen molar-refractivity contribution in [2.24, 2.45) is 11.8 Å². The highest BCUT2D eigenvalue weighted by atomic mass is 35.5. The van der Waals surface area contributed by atoms with Crippen molar-refractivity contribution < 1.29 is 9.90 Å².